The largest absolute Gasteiger partial charge is 0.376 e. The van der Waals surface area contributed by atoms with Crippen LogP contribution in [0.3, 0.4) is 0 Å². The summed E-state index contributed by atoms with van der Waals surface area (Å²) in [6.45, 7) is 1.69. The average molecular weight is 338 g/mol. The molecule has 2 N–H and O–H groups in total. The van der Waals surface area contributed by atoms with Gasteiger partial charge in [-0.2, -0.15) is 4.39 Å². The molecule has 120 valence electrons. The number of anilines is 2. The first-order valence-corrected chi connectivity index (χ1v) is 6.98. The van der Waals surface area contributed by atoms with Crippen LogP contribution in [0, 0.1) is 22.9 Å². The number of carbonyl (C=O) groups is 1. The van der Waals surface area contributed by atoms with Crippen LogP contribution in [-0.2, 0) is 4.79 Å². The van der Waals surface area contributed by atoms with E-state index in [1.807, 2.05) is 6.92 Å². The smallest absolute Gasteiger partial charge is 0.306 e. The molecule has 8 heteroatoms. The number of nitro benzene ring substituents is 1. The maximum absolute atomic E-state index is 13.2. The van der Waals surface area contributed by atoms with E-state index in [1.54, 1.807) is 18.2 Å². The molecule has 0 heterocycles. The number of amides is 1. The lowest BCUT2D eigenvalue weighted by atomic mass is 10.2. The van der Waals surface area contributed by atoms with E-state index in [-0.39, 0.29) is 18.1 Å². The van der Waals surface area contributed by atoms with Gasteiger partial charge < -0.3 is 10.6 Å². The molecule has 0 saturated heterocycles. The van der Waals surface area contributed by atoms with Gasteiger partial charge in [-0.05, 0) is 36.8 Å². The number of hydrogen-bond acceptors (Lipinski definition) is 4. The van der Waals surface area contributed by atoms with Crippen molar-refractivity contribution in [3.05, 3.63) is 62.9 Å². The van der Waals surface area contributed by atoms with E-state index in [9.17, 15) is 19.3 Å². The highest BCUT2D eigenvalue weighted by atomic mass is 35.5. The molecule has 1 amide bonds. The highest BCUT2D eigenvalue weighted by molar-refractivity contribution is 6.31. The summed E-state index contributed by atoms with van der Waals surface area (Å²) in [4.78, 5) is 21.8. The zero-order chi connectivity index (χ0) is 17.0. The predicted molar refractivity (Wildman–Crippen MR) is 86.4 cm³/mol. The SMILES string of the molecule is Cc1ccc(Cl)cc1NC(=O)CNc1ccc(F)c([N+](=O)[O-])c1. The summed E-state index contributed by atoms with van der Waals surface area (Å²) in [7, 11) is 0. The second-order valence-electron chi connectivity index (χ2n) is 4.78. The van der Waals surface area contributed by atoms with Crippen LogP contribution in [0.15, 0.2) is 36.4 Å². The van der Waals surface area contributed by atoms with E-state index in [2.05, 4.69) is 10.6 Å². The van der Waals surface area contributed by atoms with Crippen molar-refractivity contribution < 1.29 is 14.1 Å². The highest BCUT2D eigenvalue weighted by Gasteiger charge is 2.14. The molecule has 0 radical (unpaired) electrons. The van der Waals surface area contributed by atoms with Crippen LogP contribution in [0.5, 0.6) is 0 Å². The van der Waals surface area contributed by atoms with Crippen LogP contribution in [0.1, 0.15) is 5.56 Å². The van der Waals surface area contributed by atoms with E-state index < -0.39 is 16.4 Å². The van der Waals surface area contributed by atoms with Gasteiger partial charge in [0, 0.05) is 22.5 Å². The molecule has 0 unspecified atom stereocenters. The van der Waals surface area contributed by atoms with Crippen molar-refractivity contribution in [2.75, 3.05) is 17.2 Å². The number of hydrogen-bond donors (Lipinski definition) is 2. The maximum Gasteiger partial charge on any atom is 0.306 e. The number of rotatable bonds is 5. The summed E-state index contributed by atoms with van der Waals surface area (Å²) in [6, 6.07) is 8.43. The first-order valence-electron chi connectivity index (χ1n) is 6.60. The Morgan fingerprint density at radius 1 is 1.30 bits per heavy atom. The van der Waals surface area contributed by atoms with Crippen molar-refractivity contribution >= 4 is 34.6 Å². The molecule has 6 nitrogen and oxygen atoms in total. The third-order valence-electron chi connectivity index (χ3n) is 3.07. The first kappa shape index (κ1) is 16.7. The minimum atomic E-state index is -0.931. The number of nitrogens with one attached hydrogen (secondary N) is 2. The minimum Gasteiger partial charge on any atom is -0.376 e. The maximum atomic E-state index is 13.2. The van der Waals surface area contributed by atoms with E-state index >= 15 is 0 Å². The summed E-state index contributed by atoms with van der Waals surface area (Å²) >= 11 is 5.87. The van der Waals surface area contributed by atoms with Crippen LogP contribution in [0.25, 0.3) is 0 Å². The fourth-order valence-electron chi connectivity index (χ4n) is 1.87. The summed E-state index contributed by atoms with van der Waals surface area (Å²) < 4.78 is 13.2. The zero-order valence-electron chi connectivity index (χ0n) is 12.1. The van der Waals surface area contributed by atoms with Crippen LogP contribution >= 0.6 is 11.6 Å². The minimum absolute atomic E-state index is 0.130. The van der Waals surface area contributed by atoms with Gasteiger partial charge in [0.2, 0.25) is 11.7 Å². The molecule has 2 aromatic rings. The monoisotopic (exact) mass is 337 g/mol. The summed E-state index contributed by atoms with van der Waals surface area (Å²) in [5.41, 5.74) is 1.05. The summed E-state index contributed by atoms with van der Waals surface area (Å²) in [6.07, 6.45) is 0. The highest BCUT2D eigenvalue weighted by Crippen LogP contribution is 2.22. The Hall–Kier alpha value is -2.67. The molecule has 0 aliphatic carbocycles. The van der Waals surface area contributed by atoms with Gasteiger partial charge in [-0.15, -0.1) is 0 Å². The standard InChI is InChI=1S/C15H13ClFN3O3/c1-9-2-3-10(16)6-13(9)19-15(21)8-18-11-4-5-12(17)14(7-11)20(22)23/h2-7,18H,8H2,1H3,(H,19,21). The molecule has 23 heavy (non-hydrogen) atoms. The van der Waals surface area contributed by atoms with Crippen LogP contribution < -0.4 is 10.6 Å². The van der Waals surface area contributed by atoms with Crippen molar-refractivity contribution in [3.8, 4) is 0 Å². The van der Waals surface area contributed by atoms with Crippen LogP contribution in [0.4, 0.5) is 21.5 Å². The Labute approximate surface area is 136 Å². The fraction of sp³-hybridized carbons (Fsp3) is 0.133. The van der Waals surface area contributed by atoms with Gasteiger partial charge in [0.05, 0.1) is 11.5 Å². The van der Waals surface area contributed by atoms with Crippen molar-refractivity contribution in [2.45, 2.75) is 6.92 Å². The zero-order valence-corrected chi connectivity index (χ0v) is 12.9. The Kier molecular flexibility index (Phi) is 5.13. The van der Waals surface area contributed by atoms with Gasteiger partial charge in [0.15, 0.2) is 0 Å². The lowest BCUT2D eigenvalue weighted by molar-refractivity contribution is -0.387. The Morgan fingerprint density at radius 3 is 2.74 bits per heavy atom. The van der Waals surface area contributed by atoms with Crippen molar-refractivity contribution in [1.29, 1.82) is 0 Å². The second-order valence-corrected chi connectivity index (χ2v) is 5.22. The Bertz CT molecular complexity index is 768. The molecule has 2 aromatic carbocycles. The predicted octanol–water partition coefficient (Wildman–Crippen LogP) is 3.75. The van der Waals surface area contributed by atoms with E-state index in [0.29, 0.717) is 10.7 Å². The Morgan fingerprint density at radius 2 is 2.04 bits per heavy atom. The van der Waals surface area contributed by atoms with E-state index in [1.165, 1.54) is 6.07 Å². The number of benzene rings is 2. The van der Waals surface area contributed by atoms with Crippen LogP contribution in [0.2, 0.25) is 5.02 Å². The number of nitrogens with zero attached hydrogens (tertiary/aromatic N) is 1. The van der Waals surface area contributed by atoms with Gasteiger partial charge in [-0.1, -0.05) is 17.7 Å². The quantitative estimate of drug-likeness (QED) is 0.643. The molecule has 0 aromatic heterocycles. The molecule has 0 aliphatic rings. The topological polar surface area (TPSA) is 84.3 Å². The molecular formula is C15H13ClFN3O3. The fourth-order valence-corrected chi connectivity index (χ4v) is 2.04. The van der Waals surface area contributed by atoms with Gasteiger partial charge >= 0.3 is 5.69 Å². The first-order chi connectivity index (χ1) is 10.9. The Balaban J connectivity index is 2.01. The molecule has 0 atom stereocenters. The normalized spacial score (nSPS) is 10.2. The van der Waals surface area contributed by atoms with Gasteiger partial charge in [-0.3, -0.25) is 14.9 Å². The molecule has 0 aliphatic heterocycles. The average Bonchev–Trinajstić information content (AvgIpc) is 2.50. The molecule has 0 bridgehead atoms. The lowest BCUT2D eigenvalue weighted by Crippen LogP contribution is -2.22. The van der Waals surface area contributed by atoms with Crippen molar-refractivity contribution in [3.63, 3.8) is 0 Å². The molecule has 0 fully saturated rings. The summed E-state index contributed by atoms with van der Waals surface area (Å²) in [5, 5.41) is 16.5. The van der Waals surface area contributed by atoms with E-state index in [4.69, 9.17) is 11.6 Å². The molecule has 2 rings (SSSR count). The lowest BCUT2D eigenvalue weighted by Gasteiger charge is -2.10. The number of aryl methyl sites for hydroxylation is 1. The molecule has 0 spiro atoms. The van der Waals surface area contributed by atoms with E-state index in [0.717, 1.165) is 17.7 Å². The van der Waals surface area contributed by atoms with Gasteiger partial charge in [0.25, 0.3) is 0 Å². The third kappa shape index (κ3) is 4.40. The second kappa shape index (κ2) is 7.06. The third-order valence-corrected chi connectivity index (χ3v) is 3.30. The van der Waals surface area contributed by atoms with Gasteiger partial charge in [0.1, 0.15) is 0 Å². The van der Waals surface area contributed by atoms with Crippen molar-refractivity contribution in [1.82, 2.24) is 0 Å². The van der Waals surface area contributed by atoms with Gasteiger partial charge in [-0.25, -0.2) is 0 Å². The number of carbonyl (C=O) groups excluding carboxylic acids is 1. The molecular weight excluding hydrogens is 325 g/mol. The number of nitro groups is 1. The number of halogens is 2. The van der Waals surface area contributed by atoms with Crippen LogP contribution in [-0.4, -0.2) is 17.4 Å². The van der Waals surface area contributed by atoms with Crippen molar-refractivity contribution in [2.24, 2.45) is 0 Å². The molecule has 0 saturated carbocycles. The summed E-state index contributed by atoms with van der Waals surface area (Å²) in [5.74, 6) is -1.29.